The second-order valence-electron chi connectivity index (χ2n) is 5.81. The fourth-order valence-electron chi connectivity index (χ4n) is 2.35. The van der Waals surface area contributed by atoms with Gasteiger partial charge in [-0.05, 0) is 30.5 Å². The van der Waals surface area contributed by atoms with Gasteiger partial charge < -0.3 is 20.1 Å². The number of hydrogen-bond acceptors (Lipinski definition) is 4. The van der Waals surface area contributed by atoms with E-state index in [2.05, 4.69) is 20.6 Å². The summed E-state index contributed by atoms with van der Waals surface area (Å²) < 4.78 is 10.4. The Hall–Kier alpha value is -1.58. The Morgan fingerprint density at radius 3 is 2.64 bits per heavy atom. The molecule has 0 fully saturated rings. The lowest BCUT2D eigenvalue weighted by molar-refractivity contribution is 0.143. The quantitative estimate of drug-likeness (QED) is 0.217. The highest BCUT2D eigenvalue weighted by Crippen LogP contribution is 2.14. The number of benzene rings is 1. The molecule has 0 unspecified atom stereocenters. The summed E-state index contributed by atoms with van der Waals surface area (Å²) in [6, 6.07) is 11.7. The van der Waals surface area contributed by atoms with Crippen molar-refractivity contribution in [3.05, 3.63) is 58.7 Å². The van der Waals surface area contributed by atoms with Crippen LogP contribution in [0.25, 0.3) is 0 Å². The van der Waals surface area contributed by atoms with E-state index >= 15 is 0 Å². The average Bonchev–Trinajstić information content (AvgIpc) is 2.69. The van der Waals surface area contributed by atoms with Crippen LogP contribution in [0.4, 0.5) is 0 Å². The number of aromatic nitrogens is 1. The summed E-state index contributed by atoms with van der Waals surface area (Å²) >= 11 is 6.20. The molecule has 6 nitrogen and oxygen atoms in total. The molecule has 0 saturated carbocycles. The molecule has 1 aromatic heterocycles. The van der Waals surface area contributed by atoms with Crippen molar-refractivity contribution in [2.75, 3.05) is 33.4 Å². The fraction of sp³-hybridized carbons (Fsp3) is 0.400. The van der Waals surface area contributed by atoms with Gasteiger partial charge in [0, 0.05) is 37.5 Å². The summed E-state index contributed by atoms with van der Waals surface area (Å²) in [7, 11) is 1.64. The highest BCUT2D eigenvalue weighted by atomic mass is 127. The molecule has 28 heavy (non-hydrogen) atoms. The third kappa shape index (κ3) is 9.07. The Bertz CT molecular complexity index is 714. The molecule has 0 aliphatic carbocycles. The van der Waals surface area contributed by atoms with E-state index in [0.29, 0.717) is 25.6 Å². The molecule has 2 rings (SSSR count). The highest BCUT2D eigenvalue weighted by molar-refractivity contribution is 14.0. The molecule has 8 heteroatoms. The predicted molar refractivity (Wildman–Crippen MR) is 125 cm³/mol. The van der Waals surface area contributed by atoms with E-state index in [1.807, 2.05) is 43.3 Å². The van der Waals surface area contributed by atoms with E-state index in [1.165, 1.54) is 0 Å². The van der Waals surface area contributed by atoms with Crippen molar-refractivity contribution in [1.29, 1.82) is 0 Å². The van der Waals surface area contributed by atoms with E-state index in [1.54, 1.807) is 13.3 Å². The minimum absolute atomic E-state index is 0. The largest absolute Gasteiger partial charge is 0.475 e. The third-order valence-electron chi connectivity index (χ3n) is 3.74. The molecular weight excluding hydrogens is 491 g/mol. The van der Waals surface area contributed by atoms with Gasteiger partial charge in [-0.25, -0.2) is 9.98 Å². The standard InChI is InChI=1S/C20H27ClN4O2.HI/c1-3-22-20(23-11-10-17-6-4-5-7-18(17)21)25-15-16-8-9-19(24-14-16)27-13-12-26-2;/h4-9,14H,3,10-13,15H2,1-2H3,(H2,22,23,25);1H. The van der Waals surface area contributed by atoms with Gasteiger partial charge in [-0.1, -0.05) is 35.9 Å². The summed E-state index contributed by atoms with van der Waals surface area (Å²) in [5.74, 6) is 1.36. The maximum absolute atomic E-state index is 6.20. The Morgan fingerprint density at radius 2 is 1.96 bits per heavy atom. The topological polar surface area (TPSA) is 67.8 Å². The van der Waals surface area contributed by atoms with E-state index in [4.69, 9.17) is 21.1 Å². The van der Waals surface area contributed by atoms with Crippen LogP contribution in [-0.2, 0) is 17.7 Å². The summed E-state index contributed by atoms with van der Waals surface area (Å²) in [4.78, 5) is 8.89. The van der Waals surface area contributed by atoms with Crippen molar-refractivity contribution in [1.82, 2.24) is 15.6 Å². The van der Waals surface area contributed by atoms with E-state index < -0.39 is 0 Å². The van der Waals surface area contributed by atoms with Gasteiger partial charge in [0.15, 0.2) is 5.96 Å². The first-order valence-electron chi connectivity index (χ1n) is 9.05. The summed E-state index contributed by atoms with van der Waals surface area (Å²) in [6.45, 7) is 5.15. The molecule has 2 N–H and O–H groups in total. The Balaban J connectivity index is 0.00000392. The monoisotopic (exact) mass is 518 g/mol. The molecule has 2 aromatic rings. The smallest absolute Gasteiger partial charge is 0.213 e. The number of methoxy groups -OCH3 is 1. The Labute approximate surface area is 189 Å². The lowest BCUT2D eigenvalue weighted by Crippen LogP contribution is -2.38. The minimum Gasteiger partial charge on any atom is -0.475 e. The van der Waals surface area contributed by atoms with Gasteiger partial charge in [-0.3, -0.25) is 0 Å². The zero-order chi connectivity index (χ0) is 19.3. The van der Waals surface area contributed by atoms with Crippen molar-refractivity contribution in [3.63, 3.8) is 0 Å². The van der Waals surface area contributed by atoms with Gasteiger partial charge in [0.2, 0.25) is 5.88 Å². The Morgan fingerprint density at radius 1 is 1.14 bits per heavy atom. The summed E-state index contributed by atoms with van der Waals surface area (Å²) in [6.07, 6.45) is 2.61. The van der Waals surface area contributed by atoms with Crippen LogP contribution in [0.3, 0.4) is 0 Å². The van der Waals surface area contributed by atoms with Gasteiger partial charge in [0.25, 0.3) is 0 Å². The molecule has 0 aliphatic rings. The van der Waals surface area contributed by atoms with Gasteiger partial charge >= 0.3 is 0 Å². The van der Waals surface area contributed by atoms with Crippen LogP contribution in [0.15, 0.2) is 47.6 Å². The predicted octanol–water partition coefficient (Wildman–Crippen LogP) is 3.68. The number of guanidine groups is 1. The molecule has 0 spiro atoms. The maximum Gasteiger partial charge on any atom is 0.213 e. The van der Waals surface area contributed by atoms with Crippen molar-refractivity contribution in [2.45, 2.75) is 19.9 Å². The van der Waals surface area contributed by atoms with Crippen molar-refractivity contribution >= 4 is 41.5 Å². The molecular formula is C20H28ClIN4O2. The molecule has 0 bridgehead atoms. The second kappa shape index (κ2) is 14.4. The number of hydrogen-bond donors (Lipinski definition) is 2. The number of pyridine rings is 1. The van der Waals surface area contributed by atoms with Crippen LogP contribution in [0, 0.1) is 0 Å². The van der Waals surface area contributed by atoms with Crippen LogP contribution >= 0.6 is 35.6 Å². The molecule has 0 atom stereocenters. The van der Waals surface area contributed by atoms with Crippen LogP contribution in [0.2, 0.25) is 5.02 Å². The lowest BCUT2D eigenvalue weighted by atomic mass is 10.1. The average molecular weight is 519 g/mol. The Kier molecular flexibility index (Phi) is 12.6. The maximum atomic E-state index is 6.20. The number of ether oxygens (including phenoxy) is 2. The first kappa shape index (κ1) is 24.5. The van der Waals surface area contributed by atoms with Crippen LogP contribution in [0.1, 0.15) is 18.1 Å². The molecule has 1 heterocycles. The van der Waals surface area contributed by atoms with E-state index in [0.717, 1.165) is 41.6 Å². The molecule has 0 radical (unpaired) electrons. The zero-order valence-corrected chi connectivity index (χ0v) is 19.4. The minimum atomic E-state index is 0. The molecule has 0 aliphatic heterocycles. The number of aliphatic imine (C=N–C) groups is 1. The normalized spacial score (nSPS) is 10.9. The highest BCUT2D eigenvalue weighted by Gasteiger charge is 2.02. The zero-order valence-electron chi connectivity index (χ0n) is 16.3. The first-order valence-corrected chi connectivity index (χ1v) is 9.43. The van der Waals surface area contributed by atoms with Crippen LogP contribution < -0.4 is 15.4 Å². The summed E-state index contributed by atoms with van der Waals surface area (Å²) in [5, 5.41) is 7.37. The van der Waals surface area contributed by atoms with Crippen LogP contribution in [0.5, 0.6) is 5.88 Å². The molecule has 0 saturated heterocycles. The number of nitrogens with zero attached hydrogens (tertiary/aromatic N) is 2. The van der Waals surface area contributed by atoms with Crippen LogP contribution in [-0.4, -0.2) is 44.4 Å². The van der Waals surface area contributed by atoms with Gasteiger partial charge in [0.1, 0.15) is 6.61 Å². The molecule has 1 aromatic carbocycles. The third-order valence-corrected chi connectivity index (χ3v) is 4.11. The van der Waals surface area contributed by atoms with Crippen molar-refractivity contribution in [3.8, 4) is 5.88 Å². The lowest BCUT2D eigenvalue weighted by Gasteiger charge is -2.12. The van der Waals surface area contributed by atoms with Crippen molar-refractivity contribution < 1.29 is 9.47 Å². The SMILES string of the molecule is CCNC(=NCc1ccc(OCCOC)nc1)NCCc1ccccc1Cl.I. The second-order valence-corrected chi connectivity index (χ2v) is 6.22. The number of rotatable bonds is 10. The number of halogens is 2. The first-order chi connectivity index (χ1) is 13.2. The summed E-state index contributed by atoms with van der Waals surface area (Å²) in [5.41, 5.74) is 2.13. The van der Waals surface area contributed by atoms with Gasteiger partial charge in [-0.2, -0.15) is 0 Å². The molecule has 154 valence electrons. The molecule has 0 amide bonds. The number of nitrogens with one attached hydrogen (secondary N) is 2. The fourth-order valence-corrected chi connectivity index (χ4v) is 2.58. The van der Waals surface area contributed by atoms with Gasteiger partial charge in [0.05, 0.1) is 13.2 Å². The van der Waals surface area contributed by atoms with E-state index in [9.17, 15) is 0 Å². The van der Waals surface area contributed by atoms with Gasteiger partial charge in [-0.15, -0.1) is 24.0 Å². The van der Waals surface area contributed by atoms with E-state index in [-0.39, 0.29) is 24.0 Å². The van der Waals surface area contributed by atoms with Crippen molar-refractivity contribution in [2.24, 2.45) is 4.99 Å².